The maximum Gasteiger partial charge on any atom is 0.242 e. The largest absolute Gasteiger partial charge is 0.542 e. The molecule has 0 saturated heterocycles. The lowest BCUT2D eigenvalue weighted by Gasteiger charge is -2.22. The Labute approximate surface area is 119 Å². The van der Waals surface area contributed by atoms with E-state index in [4.69, 9.17) is 13.6 Å². The fourth-order valence-corrected chi connectivity index (χ4v) is 2.94. The SMILES string of the molecule is COc1cc(CO[Si](C)(C)C)ccc1O[Si](C)(C)C. The second kappa shape index (κ2) is 6.11. The summed E-state index contributed by atoms with van der Waals surface area (Å²) in [7, 11) is -1.42. The van der Waals surface area contributed by atoms with Gasteiger partial charge in [0.15, 0.2) is 14.1 Å². The molecule has 0 N–H and O–H groups in total. The number of ether oxygens (including phenoxy) is 1. The average Bonchev–Trinajstić information content (AvgIpc) is 2.24. The summed E-state index contributed by atoms with van der Waals surface area (Å²) >= 11 is 0. The summed E-state index contributed by atoms with van der Waals surface area (Å²) in [4.78, 5) is 0. The van der Waals surface area contributed by atoms with Crippen LogP contribution in [0.25, 0.3) is 0 Å². The van der Waals surface area contributed by atoms with Crippen LogP contribution < -0.4 is 9.16 Å². The van der Waals surface area contributed by atoms with Crippen LogP contribution >= 0.6 is 0 Å². The van der Waals surface area contributed by atoms with Crippen molar-refractivity contribution in [3.63, 3.8) is 0 Å². The van der Waals surface area contributed by atoms with Crippen LogP contribution in [0.3, 0.4) is 0 Å². The molecular formula is C14H26O3Si2. The van der Waals surface area contributed by atoms with Crippen molar-refractivity contribution in [2.45, 2.75) is 45.9 Å². The summed E-state index contributed by atoms with van der Waals surface area (Å²) in [5.74, 6) is 1.62. The van der Waals surface area contributed by atoms with Crippen LogP contribution in [-0.2, 0) is 11.0 Å². The molecule has 0 aromatic heterocycles. The van der Waals surface area contributed by atoms with Gasteiger partial charge in [0.2, 0.25) is 8.32 Å². The predicted molar refractivity (Wildman–Crippen MR) is 85.1 cm³/mol. The molecule has 0 radical (unpaired) electrons. The minimum atomic E-state index is -1.62. The van der Waals surface area contributed by atoms with E-state index in [9.17, 15) is 0 Å². The van der Waals surface area contributed by atoms with Crippen molar-refractivity contribution in [1.29, 1.82) is 0 Å². The Kier molecular flexibility index (Phi) is 5.23. The van der Waals surface area contributed by atoms with Crippen LogP contribution in [0.5, 0.6) is 11.5 Å². The summed E-state index contributed by atoms with van der Waals surface area (Å²) < 4.78 is 17.3. The number of hydrogen-bond donors (Lipinski definition) is 0. The van der Waals surface area contributed by atoms with E-state index in [-0.39, 0.29) is 0 Å². The minimum absolute atomic E-state index is 0.638. The summed E-state index contributed by atoms with van der Waals surface area (Å²) in [5.41, 5.74) is 1.13. The molecule has 0 aliphatic rings. The van der Waals surface area contributed by atoms with E-state index in [0.29, 0.717) is 6.61 Å². The smallest absolute Gasteiger partial charge is 0.242 e. The molecule has 0 bridgehead atoms. The highest BCUT2D eigenvalue weighted by atomic mass is 28.4. The highest BCUT2D eigenvalue weighted by Gasteiger charge is 2.19. The number of methoxy groups -OCH3 is 1. The van der Waals surface area contributed by atoms with Gasteiger partial charge in [-0.3, -0.25) is 0 Å². The molecular weight excluding hydrogens is 272 g/mol. The quantitative estimate of drug-likeness (QED) is 0.734. The fourth-order valence-electron chi connectivity index (χ4n) is 1.52. The van der Waals surface area contributed by atoms with E-state index >= 15 is 0 Å². The zero-order valence-corrected chi connectivity index (χ0v) is 15.2. The van der Waals surface area contributed by atoms with Crippen molar-refractivity contribution >= 4 is 16.6 Å². The molecule has 3 nitrogen and oxygen atoms in total. The summed E-state index contributed by atoms with van der Waals surface area (Å²) in [6.07, 6.45) is 0. The second-order valence-electron chi connectivity index (χ2n) is 6.60. The number of benzene rings is 1. The zero-order chi connectivity index (χ0) is 14.7. The van der Waals surface area contributed by atoms with Gasteiger partial charge in [-0.15, -0.1) is 0 Å². The molecule has 108 valence electrons. The minimum Gasteiger partial charge on any atom is -0.542 e. The van der Waals surface area contributed by atoms with Gasteiger partial charge in [0.1, 0.15) is 5.75 Å². The maximum atomic E-state index is 6.01. The van der Waals surface area contributed by atoms with Crippen molar-refractivity contribution in [1.82, 2.24) is 0 Å². The molecule has 1 rings (SSSR count). The normalized spacial score (nSPS) is 12.4. The standard InChI is InChI=1S/C14H26O3Si2/c1-15-14-10-12(11-16-18(2,3)4)8-9-13(14)17-19(5,6)7/h8-10H,11H2,1-7H3. The molecule has 0 unspecified atom stereocenters. The fraction of sp³-hybridized carbons (Fsp3) is 0.571. The molecule has 0 aliphatic heterocycles. The van der Waals surface area contributed by atoms with Crippen LogP contribution in [0, 0.1) is 0 Å². The molecule has 0 amide bonds. The van der Waals surface area contributed by atoms with Crippen LogP contribution in [-0.4, -0.2) is 23.7 Å². The lowest BCUT2D eigenvalue weighted by Crippen LogP contribution is -2.29. The Morgan fingerprint density at radius 2 is 1.53 bits per heavy atom. The van der Waals surface area contributed by atoms with Crippen molar-refractivity contribution in [2.24, 2.45) is 0 Å². The summed E-state index contributed by atoms with van der Waals surface area (Å²) in [5, 5.41) is 0. The first-order valence-corrected chi connectivity index (χ1v) is 13.4. The first-order chi connectivity index (χ1) is 8.61. The van der Waals surface area contributed by atoms with Gasteiger partial charge in [0.05, 0.1) is 13.7 Å². The Hall–Kier alpha value is -0.786. The second-order valence-corrected chi connectivity index (χ2v) is 15.5. The molecule has 0 fully saturated rings. The Morgan fingerprint density at radius 3 is 2.00 bits per heavy atom. The third-order valence-corrected chi connectivity index (χ3v) is 4.16. The molecule has 19 heavy (non-hydrogen) atoms. The average molecular weight is 299 g/mol. The van der Waals surface area contributed by atoms with Crippen molar-refractivity contribution < 1.29 is 13.6 Å². The highest BCUT2D eigenvalue weighted by molar-refractivity contribution is 6.70. The van der Waals surface area contributed by atoms with Crippen LogP contribution in [0.4, 0.5) is 0 Å². The molecule has 0 spiro atoms. The van der Waals surface area contributed by atoms with Gasteiger partial charge >= 0.3 is 0 Å². The maximum absolute atomic E-state index is 6.01. The molecule has 1 aromatic rings. The summed E-state index contributed by atoms with van der Waals surface area (Å²) in [6.45, 7) is 13.7. The first-order valence-electron chi connectivity index (χ1n) is 6.61. The third kappa shape index (κ3) is 6.27. The molecule has 5 heteroatoms. The van der Waals surface area contributed by atoms with Crippen LogP contribution in [0.1, 0.15) is 5.56 Å². The van der Waals surface area contributed by atoms with E-state index in [0.717, 1.165) is 17.1 Å². The lowest BCUT2D eigenvalue weighted by molar-refractivity contribution is 0.298. The molecule has 0 saturated carbocycles. The van der Waals surface area contributed by atoms with Gasteiger partial charge in [0.25, 0.3) is 0 Å². The van der Waals surface area contributed by atoms with E-state index in [2.05, 4.69) is 45.3 Å². The van der Waals surface area contributed by atoms with E-state index in [1.807, 2.05) is 12.1 Å². The van der Waals surface area contributed by atoms with E-state index < -0.39 is 16.6 Å². The molecule has 0 heterocycles. The molecule has 0 atom stereocenters. The molecule has 0 aliphatic carbocycles. The van der Waals surface area contributed by atoms with Gasteiger partial charge in [-0.25, -0.2) is 0 Å². The predicted octanol–water partition coefficient (Wildman–Crippen LogP) is 4.26. The van der Waals surface area contributed by atoms with Gasteiger partial charge < -0.3 is 13.6 Å². The third-order valence-electron chi connectivity index (χ3n) is 2.32. The van der Waals surface area contributed by atoms with Gasteiger partial charge in [-0.05, 0) is 57.0 Å². The van der Waals surface area contributed by atoms with Gasteiger partial charge in [0, 0.05) is 0 Å². The molecule has 1 aromatic carbocycles. The van der Waals surface area contributed by atoms with E-state index in [1.54, 1.807) is 7.11 Å². The Bertz CT molecular complexity index is 420. The van der Waals surface area contributed by atoms with Crippen LogP contribution in [0.15, 0.2) is 18.2 Å². The summed E-state index contributed by atoms with van der Waals surface area (Å²) in [6, 6.07) is 6.05. The van der Waals surface area contributed by atoms with Crippen LogP contribution in [0.2, 0.25) is 39.3 Å². The Morgan fingerprint density at radius 1 is 0.895 bits per heavy atom. The Balaban J connectivity index is 2.84. The lowest BCUT2D eigenvalue weighted by atomic mass is 10.2. The van der Waals surface area contributed by atoms with Crippen molar-refractivity contribution in [3.05, 3.63) is 23.8 Å². The topological polar surface area (TPSA) is 27.7 Å². The number of hydrogen-bond acceptors (Lipinski definition) is 3. The van der Waals surface area contributed by atoms with Gasteiger partial charge in [-0.2, -0.15) is 0 Å². The monoisotopic (exact) mass is 298 g/mol. The number of rotatable bonds is 6. The highest BCUT2D eigenvalue weighted by Crippen LogP contribution is 2.30. The van der Waals surface area contributed by atoms with Crippen molar-refractivity contribution in [3.8, 4) is 11.5 Å². The van der Waals surface area contributed by atoms with Gasteiger partial charge in [-0.1, -0.05) is 6.07 Å². The van der Waals surface area contributed by atoms with Crippen molar-refractivity contribution in [2.75, 3.05) is 7.11 Å². The zero-order valence-electron chi connectivity index (χ0n) is 13.2. The van der Waals surface area contributed by atoms with E-state index in [1.165, 1.54) is 0 Å². The first kappa shape index (κ1) is 16.3.